The van der Waals surface area contributed by atoms with E-state index >= 15 is 4.39 Å². The number of rotatable bonds is 6. The zero-order chi connectivity index (χ0) is 31.9. The number of nitrogens with zero attached hydrogens (tertiary/aromatic N) is 1. The Morgan fingerprint density at radius 3 is 2.34 bits per heavy atom. The zero-order valence-electron chi connectivity index (χ0n) is 27.3. The van der Waals surface area contributed by atoms with Crippen molar-refractivity contribution in [1.29, 1.82) is 0 Å². The fourth-order valence-corrected chi connectivity index (χ4v) is 6.67. The highest BCUT2D eigenvalue weighted by molar-refractivity contribution is 5.94. The van der Waals surface area contributed by atoms with Gasteiger partial charge in [0.05, 0.1) is 18.8 Å². The van der Waals surface area contributed by atoms with E-state index < -0.39 is 23.5 Å². The molecule has 0 N–H and O–H groups in total. The summed E-state index contributed by atoms with van der Waals surface area (Å²) >= 11 is 0. The maximum absolute atomic E-state index is 15.7. The second-order valence-corrected chi connectivity index (χ2v) is 13.0. The first-order valence-corrected chi connectivity index (χ1v) is 15.6. The number of hydrogen-bond donors (Lipinski definition) is 0. The van der Waals surface area contributed by atoms with E-state index in [4.69, 9.17) is 14.2 Å². The lowest BCUT2D eigenvalue weighted by Gasteiger charge is -2.36. The fraction of sp³-hybridized carbons (Fsp3) is 0.459. The monoisotopic (exact) mass is 601 g/mol. The van der Waals surface area contributed by atoms with Gasteiger partial charge in [-0.05, 0) is 132 Å². The number of halogens is 1. The molecule has 2 heterocycles. The summed E-state index contributed by atoms with van der Waals surface area (Å²) in [6.45, 7) is 17.2. The summed E-state index contributed by atoms with van der Waals surface area (Å²) in [6.07, 6.45) is 1.13. The summed E-state index contributed by atoms with van der Waals surface area (Å²) in [4.78, 5) is 29.1. The molecule has 0 radical (unpaired) electrons. The molecule has 0 saturated heterocycles. The lowest BCUT2D eigenvalue weighted by molar-refractivity contribution is -0.166. The SMILES string of the molecule is CCOC(=O)[C@@H](OC(C)(C)C)c1c(C)c2c(c(C)c1-c1cc(F)c3c(c1C)CCCO3)CN(C(=O)c1ccc(C)cc1)CC2. The third-order valence-corrected chi connectivity index (χ3v) is 8.82. The van der Waals surface area contributed by atoms with Gasteiger partial charge in [-0.2, -0.15) is 0 Å². The Balaban J connectivity index is 1.75. The van der Waals surface area contributed by atoms with Crippen molar-refractivity contribution in [2.75, 3.05) is 19.8 Å². The molecule has 2 aliphatic heterocycles. The molecule has 0 aliphatic carbocycles. The van der Waals surface area contributed by atoms with Gasteiger partial charge in [0, 0.05) is 29.8 Å². The summed E-state index contributed by atoms with van der Waals surface area (Å²) in [5, 5.41) is 0. The van der Waals surface area contributed by atoms with Crippen molar-refractivity contribution in [3.63, 3.8) is 0 Å². The first-order chi connectivity index (χ1) is 20.8. The molecule has 0 bridgehead atoms. The van der Waals surface area contributed by atoms with Crippen molar-refractivity contribution < 1.29 is 28.2 Å². The van der Waals surface area contributed by atoms with E-state index in [1.54, 1.807) is 6.92 Å². The normalized spacial score (nSPS) is 15.2. The van der Waals surface area contributed by atoms with E-state index in [9.17, 15) is 9.59 Å². The number of hydrogen-bond acceptors (Lipinski definition) is 5. The van der Waals surface area contributed by atoms with Crippen LogP contribution in [0.25, 0.3) is 11.1 Å². The van der Waals surface area contributed by atoms with Gasteiger partial charge in [-0.15, -0.1) is 0 Å². The number of carbonyl (C=O) groups is 2. The number of fused-ring (bicyclic) bond motifs is 2. The molecule has 1 amide bonds. The zero-order valence-corrected chi connectivity index (χ0v) is 27.3. The van der Waals surface area contributed by atoms with E-state index in [1.165, 1.54) is 6.07 Å². The molecular formula is C37H44FNO5. The smallest absolute Gasteiger partial charge is 0.339 e. The van der Waals surface area contributed by atoms with E-state index in [0.29, 0.717) is 55.0 Å². The van der Waals surface area contributed by atoms with Crippen LogP contribution >= 0.6 is 0 Å². The molecule has 0 saturated carbocycles. The number of carbonyl (C=O) groups excluding carboxylic acids is 2. The number of benzene rings is 3. The molecule has 5 rings (SSSR count). The Hall–Kier alpha value is -3.71. The van der Waals surface area contributed by atoms with E-state index in [2.05, 4.69) is 0 Å². The Labute approximate surface area is 260 Å². The fourth-order valence-electron chi connectivity index (χ4n) is 6.67. The van der Waals surface area contributed by atoms with Crippen molar-refractivity contribution in [2.24, 2.45) is 0 Å². The van der Waals surface area contributed by atoms with E-state index in [-0.39, 0.29) is 12.5 Å². The summed E-state index contributed by atoms with van der Waals surface area (Å²) < 4.78 is 33.5. The summed E-state index contributed by atoms with van der Waals surface area (Å²) in [5.74, 6) is -0.597. The van der Waals surface area contributed by atoms with Gasteiger partial charge < -0.3 is 19.1 Å². The Bertz CT molecular complexity index is 1600. The molecule has 44 heavy (non-hydrogen) atoms. The quantitative estimate of drug-likeness (QED) is 0.271. The van der Waals surface area contributed by atoms with Gasteiger partial charge in [0.2, 0.25) is 0 Å². The van der Waals surface area contributed by atoms with Crippen LogP contribution in [0.4, 0.5) is 4.39 Å². The third kappa shape index (κ3) is 5.99. The first-order valence-electron chi connectivity index (χ1n) is 15.6. The van der Waals surface area contributed by atoms with Crippen molar-refractivity contribution in [3.8, 4) is 16.9 Å². The number of esters is 1. The number of ether oxygens (including phenoxy) is 3. The average molecular weight is 602 g/mol. The number of aryl methyl sites for hydroxylation is 1. The first kappa shape index (κ1) is 31.7. The van der Waals surface area contributed by atoms with Crippen molar-refractivity contribution >= 4 is 11.9 Å². The molecule has 7 heteroatoms. The van der Waals surface area contributed by atoms with Crippen LogP contribution in [0.5, 0.6) is 5.75 Å². The van der Waals surface area contributed by atoms with Crippen LogP contribution in [-0.2, 0) is 33.7 Å². The molecule has 0 spiro atoms. The van der Waals surface area contributed by atoms with Gasteiger partial charge >= 0.3 is 5.97 Å². The molecule has 3 aromatic carbocycles. The third-order valence-electron chi connectivity index (χ3n) is 8.82. The summed E-state index contributed by atoms with van der Waals surface area (Å²) in [5.41, 5.74) is 8.99. The summed E-state index contributed by atoms with van der Waals surface area (Å²) in [6, 6.07) is 9.18. The van der Waals surface area contributed by atoms with Gasteiger partial charge in [0.25, 0.3) is 5.91 Å². The lowest BCUT2D eigenvalue weighted by Crippen LogP contribution is -2.37. The van der Waals surface area contributed by atoms with Gasteiger partial charge in [0.1, 0.15) is 0 Å². The molecule has 1 atom stereocenters. The maximum atomic E-state index is 15.7. The van der Waals surface area contributed by atoms with Crippen molar-refractivity contribution in [1.82, 2.24) is 4.90 Å². The molecule has 3 aromatic rings. The Morgan fingerprint density at radius 2 is 1.68 bits per heavy atom. The minimum atomic E-state index is -1.02. The van der Waals surface area contributed by atoms with Crippen LogP contribution < -0.4 is 4.74 Å². The van der Waals surface area contributed by atoms with Gasteiger partial charge in [-0.3, -0.25) is 4.79 Å². The molecule has 0 fully saturated rings. The predicted octanol–water partition coefficient (Wildman–Crippen LogP) is 7.67. The largest absolute Gasteiger partial charge is 0.490 e. The molecule has 0 unspecified atom stereocenters. The van der Waals surface area contributed by atoms with Crippen LogP contribution in [0.1, 0.15) is 95.1 Å². The van der Waals surface area contributed by atoms with Gasteiger partial charge in [-0.1, -0.05) is 17.7 Å². The Kier molecular flexibility index (Phi) is 8.90. The molecule has 234 valence electrons. The highest BCUT2D eigenvalue weighted by atomic mass is 19.1. The lowest BCUT2D eigenvalue weighted by atomic mass is 9.78. The number of amides is 1. The topological polar surface area (TPSA) is 65.1 Å². The molecule has 0 aromatic heterocycles. The van der Waals surface area contributed by atoms with Crippen LogP contribution in [0.3, 0.4) is 0 Å². The van der Waals surface area contributed by atoms with Crippen LogP contribution in [0.15, 0.2) is 30.3 Å². The Morgan fingerprint density at radius 1 is 0.977 bits per heavy atom. The van der Waals surface area contributed by atoms with Gasteiger partial charge in [-0.25, -0.2) is 9.18 Å². The molecular weight excluding hydrogens is 557 g/mol. The van der Waals surface area contributed by atoms with E-state index in [1.807, 2.05) is 77.6 Å². The molecule has 6 nitrogen and oxygen atoms in total. The van der Waals surface area contributed by atoms with Gasteiger partial charge in [0.15, 0.2) is 17.7 Å². The average Bonchev–Trinajstić information content (AvgIpc) is 2.99. The van der Waals surface area contributed by atoms with E-state index in [0.717, 1.165) is 50.9 Å². The van der Waals surface area contributed by atoms with Crippen LogP contribution in [0.2, 0.25) is 0 Å². The second-order valence-electron chi connectivity index (χ2n) is 13.0. The highest BCUT2D eigenvalue weighted by Crippen LogP contribution is 2.46. The highest BCUT2D eigenvalue weighted by Gasteiger charge is 2.37. The van der Waals surface area contributed by atoms with Crippen LogP contribution in [0, 0.1) is 33.5 Å². The van der Waals surface area contributed by atoms with Crippen molar-refractivity contribution in [2.45, 2.75) is 92.9 Å². The molecule has 2 aliphatic rings. The summed E-state index contributed by atoms with van der Waals surface area (Å²) in [7, 11) is 0. The minimum Gasteiger partial charge on any atom is -0.490 e. The predicted molar refractivity (Wildman–Crippen MR) is 170 cm³/mol. The standard InChI is InChI=1S/C37H44FNO5/c1-9-42-36(41)34(44-37(6,7)8)32-23(4)26-16-17-39(35(40)25-14-12-21(2)13-15-25)20-29(26)24(5)31(32)28-19-30(38)33-27(22(28)3)11-10-18-43-33/h12-15,19,34H,9-11,16-18,20H2,1-8H3/t34-/m0/s1. The van der Waals surface area contributed by atoms with Crippen LogP contribution in [-0.4, -0.2) is 42.1 Å². The minimum absolute atomic E-state index is 0.0213. The maximum Gasteiger partial charge on any atom is 0.339 e. The van der Waals surface area contributed by atoms with Crippen molar-refractivity contribution in [3.05, 3.63) is 86.2 Å². The second kappa shape index (κ2) is 12.4.